The quantitative estimate of drug-likeness (QED) is 0.0749. The summed E-state index contributed by atoms with van der Waals surface area (Å²) in [6.45, 7) is 12.1. The lowest BCUT2D eigenvalue weighted by molar-refractivity contribution is 0.0130. The van der Waals surface area contributed by atoms with Gasteiger partial charge in [-0.15, -0.1) is 0 Å². The fraction of sp³-hybridized carbons (Fsp3) is 0.447. The number of carbonyl (C=O) groups excluding carboxylic acids is 1. The number of aryl methyl sites for hydroxylation is 1. The average molecular weight is 631 g/mol. The molecule has 1 N–H and O–H groups in total. The van der Waals surface area contributed by atoms with E-state index in [0.717, 1.165) is 23.3 Å². The minimum atomic E-state index is -2.09. The van der Waals surface area contributed by atoms with E-state index in [1.54, 1.807) is 19.2 Å². The van der Waals surface area contributed by atoms with Gasteiger partial charge in [-0.25, -0.2) is 4.79 Å². The Morgan fingerprint density at radius 2 is 1.53 bits per heavy atom. The van der Waals surface area contributed by atoms with Crippen molar-refractivity contribution in [3.8, 4) is 17.6 Å². The Morgan fingerprint density at radius 1 is 0.889 bits per heavy atom. The molecular weight excluding hydrogens is 580 g/mol. The summed E-state index contributed by atoms with van der Waals surface area (Å²) in [5.74, 6) is 6.90. The molecule has 0 bridgehead atoms. The van der Waals surface area contributed by atoms with Gasteiger partial charge in [-0.05, 0) is 66.4 Å². The van der Waals surface area contributed by atoms with Gasteiger partial charge in [0.05, 0.1) is 32.0 Å². The number of methoxy groups -OCH3 is 1. The molecule has 3 rings (SSSR count). The van der Waals surface area contributed by atoms with Crippen LogP contribution in [0.15, 0.2) is 84.9 Å². The number of rotatable bonds is 16. The van der Waals surface area contributed by atoms with Gasteiger partial charge in [-0.1, -0.05) is 93.3 Å². The third-order valence-corrected chi connectivity index (χ3v) is 12.7. The molecule has 0 saturated heterocycles. The van der Waals surface area contributed by atoms with Gasteiger partial charge in [0.1, 0.15) is 18.0 Å². The molecule has 242 valence electrons. The average Bonchev–Trinajstić information content (AvgIpc) is 3.02. The third kappa shape index (κ3) is 12.8. The smallest absolute Gasteiger partial charge is 0.338 e. The molecule has 0 unspecified atom stereocenters. The monoisotopic (exact) mass is 630 g/mol. The molecule has 0 heterocycles. The van der Waals surface area contributed by atoms with Crippen LogP contribution in [0.2, 0.25) is 18.1 Å². The molecule has 3 atom stereocenters. The Balaban J connectivity index is 1.61. The van der Waals surface area contributed by atoms with E-state index in [9.17, 15) is 9.90 Å². The van der Waals surface area contributed by atoms with Crippen LogP contribution >= 0.6 is 0 Å². The highest BCUT2D eigenvalue weighted by atomic mass is 28.4. The standard InChI is InChI=1S/C38H50O6Si/c1-38(2,3)45(5,6)44-35(26-27-42-29-31-21-23-34(41-4)24-22-31)19-13-18-33(39)28-36(25-20-30-14-9-7-10-15-30)43-37(40)32-16-11-8-12-17-32/h7-12,14-17,21-24,33,35-36,39H,18,20,25-29H2,1-6H3/t33-,35-,36-/m0/s1. The van der Waals surface area contributed by atoms with Crippen molar-refractivity contribution in [2.75, 3.05) is 13.7 Å². The summed E-state index contributed by atoms with van der Waals surface area (Å²) < 4.78 is 23.7. The number of aliphatic hydroxyl groups excluding tert-OH is 1. The number of ether oxygens (including phenoxy) is 3. The van der Waals surface area contributed by atoms with E-state index in [4.69, 9.17) is 18.6 Å². The first-order chi connectivity index (χ1) is 21.5. The molecule has 0 spiro atoms. The van der Waals surface area contributed by atoms with Crippen LogP contribution in [0, 0.1) is 11.8 Å². The van der Waals surface area contributed by atoms with Gasteiger partial charge in [0.15, 0.2) is 8.32 Å². The van der Waals surface area contributed by atoms with Crippen LogP contribution in [0.25, 0.3) is 0 Å². The molecule has 3 aromatic rings. The van der Waals surface area contributed by atoms with E-state index in [2.05, 4.69) is 57.8 Å². The number of esters is 1. The number of carbonyl (C=O) groups is 1. The Bertz CT molecular complexity index is 1340. The molecule has 0 saturated carbocycles. The highest BCUT2D eigenvalue weighted by molar-refractivity contribution is 6.74. The van der Waals surface area contributed by atoms with E-state index in [-0.39, 0.29) is 23.5 Å². The topological polar surface area (TPSA) is 74.2 Å². The lowest BCUT2D eigenvalue weighted by Crippen LogP contribution is -2.43. The summed E-state index contributed by atoms with van der Waals surface area (Å²) in [4.78, 5) is 12.8. The summed E-state index contributed by atoms with van der Waals surface area (Å²) in [5.41, 5.74) is 2.73. The highest BCUT2D eigenvalue weighted by Crippen LogP contribution is 2.37. The van der Waals surface area contributed by atoms with Crippen molar-refractivity contribution < 1.29 is 28.5 Å². The second-order valence-corrected chi connectivity index (χ2v) is 17.6. The second-order valence-electron chi connectivity index (χ2n) is 12.9. The van der Waals surface area contributed by atoms with Gasteiger partial charge in [-0.2, -0.15) is 0 Å². The summed E-state index contributed by atoms with van der Waals surface area (Å²) in [5, 5.41) is 11.0. The lowest BCUT2D eigenvalue weighted by atomic mass is 10.0. The molecular formula is C38H50O6Si. The zero-order valence-electron chi connectivity index (χ0n) is 27.8. The van der Waals surface area contributed by atoms with Crippen LogP contribution in [0.4, 0.5) is 0 Å². The van der Waals surface area contributed by atoms with Gasteiger partial charge < -0.3 is 23.7 Å². The Kier molecular flexibility index (Phi) is 14.4. The van der Waals surface area contributed by atoms with Crippen LogP contribution in [0.5, 0.6) is 5.75 Å². The zero-order chi connectivity index (χ0) is 32.7. The summed E-state index contributed by atoms with van der Waals surface area (Å²) in [7, 11) is -0.440. The van der Waals surface area contributed by atoms with Crippen LogP contribution in [0.1, 0.15) is 67.9 Å². The number of hydrogen-bond donors (Lipinski definition) is 1. The first-order valence-electron chi connectivity index (χ1n) is 15.8. The number of hydrogen-bond acceptors (Lipinski definition) is 6. The molecule has 0 radical (unpaired) electrons. The Labute approximate surface area is 271 Å². The van der Waals surface area contributed by atoms with E-state index in [1.165, 1.54) is 0 Å². The minimum absolute atomic E-state index is 0.0327. The van der Waals surface area contributed by atoms with Crippen LogP contribution in [-0.4, -0.2) is 51.4 Å². The lowest BCUT2D eigenvalue weighted by Gasteiger charge is -2.38. The van der Waals surface area contributed by atoms with Crippen LogP contribution < -0.4 is 4.74 Å². The molecule has 0 aliphatic heterocycles. The molecule has 0 aliphatic carbocycles. The van der Waals surface area contributed by atoms with Crippen LogP contribution in [-0.2, 0) is 26.9 Å². The van der Waals surface area contributed by atoms with E-state index < -0.39 is 20.5 Å². The van der Waals surface area contributed by atoms with Crippen molar-refractivity contribution in [1.82, 2.24) is 0 Å². The van der Waals surface area contributed by atoms with Crippen LogP contribution in [0.3, 0.4) is 0 Å². The number of benzene rings is 3. The maximum Gasteiger partial charge on any atom is 0.338 e. The van der Waals surface area contributed by atoms with E-state index in [1.807, 2.05) is 60.7 Å². The SMILES string of the molecule is COc1ccc(COCC[C@H](C#CC[C@H](O)C[C@H](CCc2ccccc2)OC(=O)c2ccccc2)O[Si](C)(C)C(C)(C)C)cc1. The molecule has 0 amide bonds. The molecule has 0 aliphatic rings. The zero-order valence-corrected chi connectivity index (χ0v) is 28.8. The summed E-state index contributed by atoms with van der Waals surface area (Å²) in [6, 6.07) is 26.9. The normalized spacial score (nSPS) is 13.7. The van der Waals surface area contributed by atoms with Crippen molar-refractivity contribution in [2.24, 2.45) is 0 Å². The highest BCUT2D eigenvalue weighted by Gasteiger charge is 2.38. The predicted octanol–water partition coefficient (Wildman–Crippen LogP) is 8.00. The fourth-order valence-corrected chi connectivity index (χ4v) is 5.70. The van der Waals surface area contributed by atoms with Gasteiger partial charge in [0.2, 0.25) is 0 Å². The maximum absolute atomic E-state index is 12.8. The Morgan fingerprint density at radius 3 is 2.16 bits per heavy atom. The van der Waals surface area contributed by atoms with Crippen molar-refractivity contribution in [3.63, 3.8) is 0 Å². The van der Waals surface area contributed by atoms with Crippen molar-refractivity contribution in [3.05, 3.63) is 102 Å². The van der Waals surface area contributed by atoms with Crippen molar-refractivity contribution in [2.45, 2.75) is 95.9 Å². The summed E-state index contributed by atoms with van der Waals surface area (Å²) >= 11 is 0. The third-order valence-electron chi connectivity index (χ3n) is 8.21. The predicted molar refractivity (Wildman–Crippen MR) is 183 cm³/mol. The molecule has 6 nitrogen and oxygen atoms in total. The first kappa shape index (κ1) is 36.1. The largest absolute Gasteiger partial charge is 0.497 e. The first-order valence-corrected chi connectivity index (χ1v) is 18.7. The second kappa shape index (κ2) is 17.9. The Hall–Kier alpha value is -3.41. The molecule has 0 aromatic heterocycles. The van der Waals surface area contributed by atoms with Crippen molar-refractivity contribution >= 4 is 14.3 Å². The molecule has 7 heteroatoms. The van der Waals surface area contributed by atoms with Gasteiger partial charge in [-0.3, -0.25) is 0 Å². The summed E-state index contributed by atoms with van der Waals surface area (Å²) in [6.07, 6.45) is 1.04. The molecule has 45 heavy (non-hydrogen) atoms. The fourth-order valence-electron chi connectivity index (χ4n) is 4.46. The number of aliphatic hydroxyl groups is 1. The van der Waals surface area contributed by atoms with Crippen molar-refractivity contribution in [1.29, 1.82) is 0 Å². The van der Waals surface area contributed by atoms with E-state index >= 15 is 0 Å². The van der Waals surface area contributed by atoms with Gasteiger partial charge >= 0.3 is 5.97 Å². The van der Waals surface area contributed by atoms with Gasteiger partial charge in [0, 0.05) is 19.3 Å². The molecule has 3 aromatic carbocycles. The maximum atomic E-state index is 12.8. The molecule has 0 fully saturated rings. The van der Waals surface area contributed by atoms with Gasteiger partial charge in [0.25, 0.3) is 0 Å². The minimum Gasteiger partial charge on any atom is -0.497 e. The van der Waals surface area contributed by atoms with E-state index in [0.29, 0.717) is 38.0 Å².